The topological polar surface area (TPSA) is 43.7 Å². The van der Waals surface area contributed by atoms with Crippen LogP contribution in [0.3, 0.4) is 0 Å². The van der Waals surface area contributed by atoms with Crippen LogP contribution in [0.2, 0.25) is 0 Å². The van der Waals surface area contributed by atoms with Gasteiger partial charge in [0.2, 0.25) is 0 Å². The molecule has 1 saturated heterocycles. The van der Waals surface area contributed by atoms with Crippen molar-refractivity contribution < 1.29 is 9.11 Å². The number of rotatable bonds is 1. The highest BCUT2D eigenvalue weighted by molar-refractivity contribution is 8.24. The lowest BCUT2D eigenvalue weighted by Gasteiger charge is -2.33. The van der Waals surface area contributed by atoms with Crippen molar-refractivity contribution in [1.82, 2.24) is 4.90 Å². The first-order valence-electron chi connectivity index (χ1n) is 4.41. The summed E-state index contributed by atoms with van der Waals surface area (Å²) in [7, 11) is -0.272. The Hall–Kier alpha value is 0.230. The van der Waals surface area contributed by atoms with Gasteiger partial charge < -0.3 is 4.90 Å². The molecule has 0 aromatic rings. The molecule has 1 fully saturated rings. The number of likely N-dealkylation sites (tertiary alicyclic amines) is 1. The summed E-state index contributed by atoms with van der Waals surface area (Å²) in [6.45, 7) is 5.83. The zero-order chi connectivity index (χ0) is 9.78. The Morgan fingerprint density at radius 2 is 1.83 bits per heavy atom. The zero-order valence-corrected chi connectivity index (χ0v) is 9.27. The van der Waals surface area contributed by atoms with Crippen LogP contribution in [0.4, 0.5) is 0 Å². The molecule has 0 amide bonds. The van der Waals surface area contributed by atoms with Crippen LogP contribution >= 0.6 is 10.6 Å². The molecule has 4 heteroatoms. The molecule has 1 aliphatic heterocycles. The minimum absolute atomic E-state index is 0.109. The van der Waals surface area contributed by atoms with E-state index in [2.05, 4.69) is 4.90 Å². The van der Waals surface area contributed by atoms with E-state index in [4.69, 9.17) is 0 Å². The summed E-state index contributed by atoms with van der Waals surface area (Å²) in [4.78, 5) is 2.13. The Balaban J connectivity index is 0.000000561. The Kier molecular flexibility index (Phi) is 5.16. The first-order chi connectivity index (χ1) is 5.50. The summed E-state index contributed by atoms with van der Waals surface area (Å²) in [6, 6.07) is 0. The van der Waals surface area contributed by atoms with Crippen molar-refractivity contribution >= 4 is 10.6 Å². The summed E-state index contributed by atoms with van der Waals surface area (Å²) in [5.41, 5.74) is 0. The molecule has 1 rings (SSSR count). The molecule has 0 aromatic heterocycles. The molecule has 1 unspecified atom stereocenters. The third-order valence-electron chi connectivity index (χ3n) is 1.98. The van der Waals surface area contributed by atoms with Crippen LogP contribution < -0.4 is 0 Å². The molecule has 3 nitrogen and oxygen atoms in total. The maximum atomic E-state index is 9.25. The van der Waals surface area contributed by atoms with Gasteiger partial charge >= 0.3 is 0 Å². The second-order valence-electron chi connectivity index (χ2n) is 3.07. The van der Waals surface area contributed by atoms with Gasteiger partial charge in [-0.2, -0.15) is 10.6 Å². The lowest BCUT2D eigenvalue weighted by molar-refractivity contribution is 0.412. The van der Waals surface area contributed by atoms with Crippen molar-refractivity contribution in [3.63, 3.8) is 0 Å². The number of nitrogens with zero attached hydrogens (tertiary/aromatic N) is 1. The summed E-state index contributed by atoms with van der Waals surface area (Å²) >= 11 is 0. The lowest BCUT2D eigenvalue weighted by atomic mass is 10.4. The molecule has 0 aliphatic carbocycles. The van der Waals surface area contributed by atoms with Gasteiger partial charge in [0.1, 0.15) is 0 Å². The molecule has 0 bridgehead atoms. The first-order valence-corrected chi connectivity index (χ1v) is 6.42. The maximum Gasteiger partial charge on any atom is 0.0621 e. The van der Waals surface area contributed by atoms with Gasteiger partial charge in [0.25, 0.3) is 0 Å². The second-order valence-corrected chi connectivity index (χ2v) is 5.52. The smallest absolute Gasteiger partial charge is 0.0621 e. The minimum atomic E-state index is -2.28. The predicted octanol–water partition coefficient (Wildman–Crippen LogP) is 2.10. The molecular weight excluding hydrogens is 174 g/mol. The fourth-order valence-electron chi connectivity index (χ4n) is 1.26. The van der Waals surface area contributed by atoms with Crippen LogP contribution in [-0.4, -0.2) is 45.6 Å². The highest BCUT2D eigenvalue weighted by atomic mass is 32.3. The normalized spacial score (nSPS) is 26.3. The van der Waals surface area contributed by atoms with E-state index in [1.54, 1.807) is 0 Å². The highest BCUT2D eigenvalue weighted by Crippen LogP contribution is 2.43. The Morgan fingerprint density at radius 1 is 1.33 bits per heavy atom. The number of hydrogen-bond donors (Lipinski definition) is 2. The molecule has 1 aliphatic rings. The highest BCUT2D eigenvalue weighted by Gasteiger charge is 2.27. The van der Waals surface area contributed by atoms with Crippen LogP contribution in [0.5, 0.6) is 0 Å². The van der Waals surface area contributed by atoms with E-state index in [0.717, 1.165) is 19.5 Å². The van der Waals surface area contributed by atoms with Crippen molar-refractivity contribution in [2.45, 2.75) is 25.5 Å². The summed E-state index contributed by atoms with van der Waals surface area (Å²) in [5, 5.41) is 0.109. The average Bonchev–Trinajstić information content (AvgIpc) is 2.39. The van der Waals surface area contributed by atoms with Gasteiger partial charge in [-0.3, -0.25) is 9.11 Å². The van der Waals surface area contributed by atoms with Crippen LogP contribution in [-0.2, 0) is 0 Å². The second kappa shape index (κ2) is 5.07. The molecule has 2 N–H and O–H groups in total. The van der Waals surface area contributed by atoms with E-state index in [1.807, 2.05) is 20.9 Å². The Labute approximate surface area is 77.1 Å². The standard InChI is InChI=1S/C6H15NO2S.C2H6/c1-7-4-3-6(5-7)10(2,8)9;1-2/h6,8-9H,3-5H2,1-2H3;1-2H3. The molecule has 0 radical (unpaired) electrons. The quantitative estimate of drug-likeness (QED) is 0.673. The van der Waals surface area contributed by atoms with Crippen LogP contribution in [0.1, 0.15) is 20.3 Å². The minimum Gasteiger partial charge on any atom is -0.304 e. The molecule has 0 saturated carbocycles. The molecule has 0 aromatic carbocycles. The molecule has 76 valence electrons. The van der Waals surface area contributed by atoms with Crippen molar-refractivity contribution in [1.29, 1.82) is 0 Å². The zero-order valence-electron chi connectivity index (χ0n) is 8.45. The Bertz CT molecular complexity index is 125. The van der Waals surface area contributed by atoms with Gasteiger partial charge in [0.15, 0.2) is 0 Å². The average molecular weight is 195 g/mol. The fraction of sp³-hybridized carbons (Fsp3) is 1.00. The van der Waals surface area contributed by atoms with Gasteiger partial charge in [-0.05, 0) is 20.0 Å². The summed E-state index contributed by atoms with van der Waals surface area (Å²) < 4.78 is 18.5. The predicted molar refractivity (Wildman–Crippen MR) is 56.0 cm³/mol. The fourth-order valence-corrected chi connectivity index (χ4v) is 2.35. The maximum absolute atomic E-state index is 9.25. The molecule has 1 atom stereocenters. The molecule has 1 heterocycles. The third-order valence-corrected chi connectivity index (χ3v) is 3.63. The summed E-state index contributed by atoms with van der Waals surface area (Å²) in [6.07, 6.45) is 2.46. The van der Waals surface area contributed by atoms with E-state index in [9.17, 15) is 9.11 Å². The van der Waals surface area contributed by atoms with Crippen LogP contribution in [0.25, 0.3) is 0 Å². The van der Waals surface area contributed by atoms with Crippen molar-refractivity contribution in [2.75, 3.05) is 26.4 Å². The van der Waals surface area contributed by atoms with Gasteiger partial charge in [-0.15, -0.1) is 0 Å². The largest absolute Gasteiger partial charge is 0.304 e. The van der Waals surface area contributed by atoms with Gasteiger partial charge in [0.05, 0.1) is 5.25 Å². The lowest BCUT2D eigenvalue weighted by Crippen LogP contribution is -2.21. The molecule has 0 spiro atoms. The van der Waals surface area contributed by atoms with Gasteiger partial charge in [0, 0.05) is 12.8 Å². The number of hydrogen-bond acceptors (Lipinski definition) is 3. The van der Waals surface area contributed by atoms with Gasteiger partial charge in [-0.25, -0.2) is 0 Å². The van der Waals surface area contributed by atoms with E-state index in [1.165, 1.54) is 6.26 Å². The van der Waals surface area contributed by atoms with E-state index >= 15 is 0 Å². The van der Waals surface area contributed by atoms with Crippen LogP contribution in [0.15, 0.2) is 0 Å². The Morgan fingerprint density at radius 3 is 2.00 bits per heavy atom. The van der Waals surface area contributed by atoms with Crippen LogP contribution in [0, 0.1) is 0 Å². The van der Waals surface area contributed by atoms with Crippen molar-refractivity contribution in [2.24, 2.45) is 0 Å². The van der Waals surface area contributed by atoms with Crippen molar-refractivity contribution in [3.8, 4) is 0 Å². The monoisotopic (exact) mass is 195 g/mol. The van der Waals surface area contributed by atoms with E-state index < -0.39 is 10.6 Å². The van der Waals surface area contributed by atoms with Gasteiger partial charge in [-0.1, -0.05) is 13.8 Å². The van der Waals surface area contributed by atoms with E-state index in [-0.39, 0.29) is 5.25 Å². The SMILES string of the molecule is CC.CN1CCC(S(C)(O)O)C1. The van der Waals surface area contributed by atoms with Crippen molar-refractivity contribution in [3.05, 3.63) is 0 Å². The summed E-state index contributed by atoms with van der Waals surface area (Å²) in [5.74, 6) is 0. The van der Waals surface area contributed by atoms with E-state index in [0.29, 0.717) is 0 Å². The first kappa shape index (κ1) is 12.2. The third kappa shape index (κ3) is 3.76. The molecule has 12 heavy (non-hydrogen) atoms. The molecular formula is C8H21NO2S.